The SMILES string of the molecule is COc1c(Br)cc(C=O)cc1[N+](=O)[O-]. The van der Waals surface area contributed by atoms with Crippen LogP contribution in [-0.2, 0) is 0 Å². The molecule has 6 heteroatoms. The Hall–Kier alpha value is -1.43. The van der Waals surface area contributed by atoms with Crippen molar-refractivity contribution in [3.05, 3.63) is 32.3 Å². The fourth-order valence-electron chi connectivity index (χ4n) is 1.01. The zero-order valence-corrected chi connectivity index (χ0v) is 8.78. The van der Waals surface area contributed by atoms with Crippen LogP contribution in [0.25, 0.3) is 0 Å². The highest BCUT2D eigenvalue weighted by molar-refractivity contribution is 9.10. The highest BCUT2D eigenvalue weighted by Gasteiger charge is 2.18. The average molecular weight is 260 g/mol. The molecule has 74 valence electrons. The summed E-state index contributed by atoms with van der Waals surface area (Å²) in [4.78, 5) is 20.4. The molecule has 0 spiro atoms. The lowest BCUT2D eigenvalue weighted by molar-refractivity contribution is -0.385. The third-order valence-corrected chi connectivity index (χ3v) is 2.17. The monoisotopic (exact) mass is 259 g/mol. The molecule has 0 N–H and O–H groups in total. The minimum absolute atomic E-state index is 0.112. The van der Waals surface area contributed by atoms with Crippen LogP contribution in [0.3, 0.4) is 0 Å². The average Bonchev–Trinajstić information content (AvgIpc) is 2.16. The minimum Gasteiger partial charge on any atom is -0.489 e. The molecule has 0 saturated heterocycles. The van der Waals surface area contributed by atoms with Crippen molar-refractivity contribution in [3.8, 4) is 5.75 Å². The van der Waals surface area contributed by atoms with Crippen LogP contribution in [0.5, 0.6) is 5.75 Å². The first-order chi connectivity index (χ1) is 6.60. The molecule has 0 unspecified atom stereocenters. The third-order valence-electron chi connectivity index (χ3n) is 1.58. The van der Waals surface area contributed by atoms with E-state index < -0.39 is 4.92 Å². The van der Waals surface area contributed by atoms with Gasteiger partial charge in [-0.15, -0.1) is 0 Å². The van der Waals surface area contributed by atoms with Gasteiger partial charge in [0.1, 0.15) is 6.29 Å². The van der Waals surface area contributed by atoms with Gasteiger partial charge in [-0.25, -0.2) is 0 Å². The summed E-state index contributed by atoms with van der Waals surface area (Å²) in [6, 6.07) is 2.62. The Kier molecular flexibility index (Phi) is 3.19. The molecule has 0 saturated carbocycles. The standard InChI is InChI=1S/C8H6BrNO4/c1-14-8-6(9)2-5(4-11)3-7(8)10(12)13/h2-4H,1H3. The predicted molar refractivity (Wildman–Crippen MR) is 52.7 cm³/mol. The molecule has 1 aromatic carbocycles. The smallest absolute Gasteiger partial charge is 0.312 e. The van der Waals surface area contributed by atoms with Gasteiger partial charge in [-0.2, -0.15) is 0 Å². The lowest BCUT2D eigenvalue weighted by Crippen LogP contribution is -1.96. The number of nitro benzene ring substituents is 1. The van der Waals surface area contributed by atoms with Crippen LogP contribution < -0.4 is 4.74 Å². The summed E-state index contributed by atoms with van der Waals surface area (Å²) in [7, 11) is 1.33. The van der Waals surface area contributed by atoms with E-state index in [4.69, 9.17) is 4.74 Å². The van der Waals surface area contributed by atoms with E-state index in [0.29, 0.717) is 10.8 Å². The number of carbonyl (C=O) groups excluding carboxylic acids is 1. The van der Waals surface area contributed by atoms with E-state index in [9.17, 15) is 14.9 Å². The van der Waals surface area contributed by atoms with E-state index in [2.05, 4.69) is 15.9 Å². The van der Waals surface area contributed by atoms with Crippen LogP contribution in [0.1, 0.15) is 10.4 Å². The summed E-state index contributed by atoms with van der Waals surface area (Å²) in [5, 5.41) is 10.6. The van der Waals surface area contributed by atoms with Crippen molar-refractivity contribution in [1.29, 1.82) is 0 Å². The van der Waals surface area contributed by atoms with Crippen LogP contribution in [0.15, 0.2) is 16.6 Å². The van der Waals surface area contributed by atoms with Crippen molar-refractivity contribution in [3.63, 3.8) is 0 Å². The second-order valence-electron chi connectivity index (χ2n) is 2.43. The molecule has 0 atom stereocenters. The Bertz CT molecular complexity index is 391. The zero-order chi connectivity index (χ0) is 10.7. The topological polar surface area (TPSA) is 69.4 Å². The molecule has 0 aliphatic rings. The zero-order valence-electron chi connectivity index (χ0n) is 7.19. The van der Waals surface area contributed by atoms with E-state index >= 15 is 0 Å². The number of hydrogen-bond donors (Lipinski definition) is 0. The molecule has 0 aliphatic heterocycles. The van der Waals surface area contributed by atoms with Gasteiger partial charge in [0, 0.05) is 11.6 Å². The molecule has 0 bridgehead atoms. The van der Waals surface area contributed by atoms with E-state index in [0.717, 1.165) is 6.07 Å². The van der Waals surface area contributed by atoms with Gasteiger partial charge in [0.05, 0.1) is 16.5 Å². The van der Waals surface area contributed by atoms with Crippen molar-refractivity contribution >= 4 is 27.9 Å². The summed E-state index contributed by atoms with van der Waals surface area (Å²) < 4.78 is 5.22. The Morgan fingerprint density at radius 3 is 2.64 bits per heavy atom. The number of methoxy groups -OCH3 is 1. The number of nitrogens with zero attached hydrogens (tertiary/aromatic N) is 1. The van der Waals surface area contributed by atoms with E-state index in [-0.39, 0.29) is 17.0 Å². The molecule has 1 rings (SSSR count). The highest BCUT2D eigenvalue weighted by atomic mass is 79.9. The summed E-state index contributed by atoms with van der Waals surface area (Å²) in [5.41, 5.74) is -0.00616. The summed E-state index contributed by atoms with van der Waals surface area (Å²) in [6.07, 6.45) is 0.539. The van der Waals surface area contributed by atoms with Gasteiger partial charge >= 0.3 is 5.69 Å². The molecule has 0 amide bonds. The third kappa shape index (κ3) is 1.90. The molecular weight excluding hydrogens is 254 g/mol. The number of halogens is 1. The Labute approximate surface area is 88.0 Å². The Morgan fingerprint density at radius 1 is 1.57 bits per heavy atom. The van der Waals surface area contributed by atoms with Crippen LogP contribution in [0, 0.1) is 10.1 Å². The first-order valence-electron chi connectivity index (χ1n) is 3.57. The van der Waals surface area contributed by atoms with Gasteiger partial charge in [0.15, 0.2) is 0 Å². The van der Waals surface area contributed by atoms with E-state index in [1.807, 2.05) is 0 Å². The van der Waals surface area contributed by atoms with Crippen molar-refractivity contribution in [2.75, 3.05) is 7.11 Å². The molecule has 1 aromatic rings. The molecule has 14 heavy (non-hydrogen) atoms. The first-order valence-corrected chi connectivity index (χ1v) is 4.36. The number of rotatable bonds is 3. The van der Waals surface area contributed by atoms with Crippen LogP contribution in [-0.4, -0.2) is 18.3 Å². The summed E-state index contributed by atoms with van der Waals surface area (Å²) >= 11 is 3.08. The van der Waals surface area contributed by atoms with Crippen molar-refractivity contribution in [1.82, 2.24) is 0 Å². The second kappa shape index (κ2) is 4.19. The first kappa shape index (κ1) is 10.6. The second-order valence-corrected chi connectivity index (χ2v) is 3.28. The van der Waals surface area contributed by atoms with Gasteiger partial charge in [-0.3, -0.25) is 14.9 Å². The molecule has 5 nitrogen and oxygen atoms in total. The maximum absolute atomic E-state index is 10.6. The molecule has 0 aromatic heterocycles. The molecular formula is C8H6BrNO4. The minimum atomic E-state index is -0.601. The lowest BCUT2D eigenvalue weighted by atomic mass is 10.2. The highest BCUT2D eigenvalue weighted by Crippen LogP contribution is 2.35. The molecule has 0 fully saturated rings. The Balaban J connectivity index is 3.42. The van der Waals surface area contributed by atoms with Crippen molar-refractivity contribution < 1.29 is 14.5 Å². The fraction of sp³-hybridized carbons (Fsp3) is 0.125. The van der Waals surface area contributed by atoms with E-state index in [1.54, 1.807) is 0 Å². The quantitative estimate of drug-likeness (QED) is 0.474. The molecule has 0 aliphatic carbocycles. The summed E-state index contributed by atoms with van der Waals surface area (Å²) in [6.45, 7) is 0. The fourth-order valence-corrected chi connectivity index (χ4v) is 1.63. The van der Waals surface area contributed by atoms with Crippen molar-refractivity contribution in [2.24, 2.45) is 0 Å². The number of nitro groups is 1. The molecule has 0 radical (unpaired) electrons. The van der Waals surface area contributed by atoms with Gasteiger partial charge in [0.2, 0.25) is 5.75 Å². The number of ether oxygens (including phenoxy) is 1. The number of hydrogen-bond acceptors (Lipinski definition) is 4. The van der Waals surface area contributed by atoms with Crippen LogP contribution in [0.2, 0.25) is 0 Å². The number of carbonyl (C=O) groups is 1. The Morgan fingerprint density at radius 2 is 2.21 bits per heavy atom. The maximum atomic E-state index is 10.6. The summed E-state index contributed by atoms with van der Waals surface area (Å²) in [5.74, 6) is 0.112. The van der Waals surface area contributed by atoms with Gasteiger partial charge < -0.3 is 4.74 Å². The van der Waals surface area contributed by atoms with Gasteiger partial charge in [0.25, 0.3) is 0 Å². The lowest BCUT2D eigenvalue weighted by Gasteiger charge is -2.04. The van der Waals surface area contributed by atoms with Gasteiger partial charge in [-0.05, 0) is 22.0 Å². The van der Waals surface area contributed by atoms with E-state index in [1.165, 1.54) is 13.2 Å². The van der Waals surface area contributed by atoms with Crippen molar-refractivity contribution in [2.45, 2.75) is 0 Å². The van der Waals surface area contributed by atoms with Crippen LogP contribution >= 0.6 is 15.9 Å². The largest absolute Gasteiger partial charge is 0.489 e. The molecule has 0 heterocycles. The normalized spacial score (nSPS) is 9.57. The van der Waals surface area contributed by atoms with Crippen LogP contribution in [0.4, 0.5) is 5.69 Å². The van der Waals surface area contributed by atoms with Gasteiger partial charge in [-0.1, -0.05) is 0 Å². The maximum Gasteiger partial charge on any atom is 0.312 e. The predicted octanol–water partition coefficient (Wildman–Crippen LogP) is 2.18. The number of benzene rings is 1. The number of aldehydes is 1.